The summed E-state index contributed by atoms with van der Waals surface area (Å²) < 4.78 is 19.7. The summed E-state index contributed by atoms with van der Waals surface area (Å²) in [6.45, 7) is 2.56. The molecule has 5 rings (SSSR count). The molecule has 1 aromatic carbocycles. The van der Waals surface area contributed by atoms with Crippen LogP contribution in [-0.4, -0.2) is 44.3 Å². The van der Waals surface area contributed by atoms with Crippen molar-refractivity contribution >= 4 is 23.2 Å². The van der Waals surface area contributed by atoms with Crippen LogP contribution < -0.4 is 14.8 Å². The number of imidazole rings is 1. The van der Waals surface area contributed by atoms with Crippen molar-refractivity contribution in [1.29, 1.82) is 0 Å². The zero-order valence-corrected chi connectivity index (χ0v) is 20.3. The van der Waals surface area contributed by atoms with Crippen LogP contribution in [0.25, 0.3) is 11.3 Å². The molecule has 0 atom stereocenters. The summed E-state index contributed by atoms with van der Waals surface area (Å²) in [5, 5.41) is 3.70. The number of hydrogen-bond acceptors (Lipinski definition) is 8. The van der Waals surface area contributed by atoms with E-state index in [1.54, 1.807) is 24.9 Å². The molecule has 0 amide bonds. The van der Waals surface area contributed by atoms with E-state index in [9.17, 15) is 0 Å². The van der Waals surface area contributed by atoms with Crippen molar-refractivity contribution in [2.45, 2.75) is 19.6 Å². The molecule has 3 aromatic heterocycles. The predicted molar refractivity (Wildman–Crippen MR) is 137 cm³/mol. The van der Waals surface area contributed by atoms with Crippen LogP contribution in [0.15, 0.2) is 73.6 Å². The molecule has 1 aliphatic heterocycles. The Bertz CT molecular complexity index is 1330. The maximum Gasteiger partial charge on any atom is 0.227 e. The molecule has 4 aromatic rings. The van der Waals surface area contributed by atoms with Crippen LogP contribution in [0.1, 0.15) is 12.0 Å². The van der Waals surface area contributed by atoms with Crippen LogP contribution in [0.4, 0.5) is 11.6 Å². The zero-order valence-electron chi connectivity index (χ0n) is 19.5. The topological polar surface area (TPSA) is 96.2 Å². The molecule has 0 unspecified atom stereocenters. The van der Waals surface area contributed by atoms with Crippen molar-refractivity contribution in [1.82, 2.24) is 24.5 Å². The minimum absolute atomic E-state index is 0.387. The average molecular weight is 505 g/mol. The number of hydrogen-bond donors (Lipinski definition) is 1. The summed E-state index contributed by atoms with van der Waals surface area (Å²) in [7, 11) is 0. The van der Waals surface area contributed by atoms with Crippen LogP contribution in [0.2, 0.25) is 5.02 Å². The lowest BCUT2D eigenvalue weighted by molar-refractivity contribution is 0.144. The van der Waals surface area contributed by atoms with Gasteiger partial charge in [-0.2, -0.15) is 0 Å². The minimum atomic E-state index is 0.387. The van der Waals surface area contributed by atoms with Crippen LogP contribution in [0, 0.1) is 0 Å². The third kappa shape index (κ3) is 6.18. The third-order valence-electron chi connectivity index (χ3n) is 5.41. The SMILES string of the molecule is Clc1cnc2nc1-c1ccnc(c1)OCC/C=C/COCc1cc(ccc1OCCn1ccnc1)N2. The molecule has 0 aliphatic carbocycles. The quantitative estimate of drug-likeness (QED) is 0.385. The molecular weight excluding hydrogens is 480 g/mol. The van der Waals surface area contributed by atoms with Gasteiger partial charge in [0.05, 0.1) is 49.6 Å². The van der Waals surface area contributed by atoms with Crippen molar-refractivity contribution in [2.75, 3.05) is 25.1 Å². The highest BCUT2D eigenvalue weighted by Gasteiger charge is 2.12. The van der Waals surface area contributed by atoms with E-state index in [1.165, 1.54) is 0 Å². The molecule has 10 heteroatoms. The Labute approximate surface area is 213 Å². The maximum absolute atomic E-state index is 6.43. The van der Waals surface area contributed by atoms with Gasteiger partial charge >= 0.3 is 0 Å². The van der Waals surface area contributed by atoms with Crippen LogP contribution in [-0.2, 0) is 17.9 Å². The molecule has 9 nitrogen and oxygen atoms in total. The van der Waals surface area contributed by atoms with E-state index in [4.69, 9.17) is 25.8 Å². The molecule has 36 heavy (non-hydrogen) atoms. The highest BCUT2D eigenvalue weighted by atomic mass is 35.5. The lowest BCUT2D eigenvalue weighted by Gasteiger charge is -2.15. The third-order valence-corrected chi connectivity index (χ3v) is 5.68. The maximum atomic E-state index is 6.43. The van der Waals surface area contributed by atoms with Gasteiger partial charge in [0.2, 0.25) is 11.8 Å². The first-order valence-electron chi connectivity index (χ1n) is 11.6. The Hall–Kier alpha value is -3.95. The van der Waals surface area contributed by atoms with Gasteiger partial charge in [-0.15, -0.1) is 0 Å². The van der Waals surface area contributed by atoms with Gasteiger partial charge in [0.1, 0.15) is 12.4 Å². The van der Waals surface area contributed by atoms with Gasteiger partial charge < -0.3 is 24.1 Å². The number of rotatable bonds is 4. The van der Waals surface area contributed by atoms with Crippen LogP contribution in [0.3, 0.4) is 0 Å². The van der Waals surface area contributed by atoms with Gasteiger partial charge in [-0.3, -0.25) is 0 Å². The molecular formula is C26H25ClN6O3. The number of pyridine rings is 1. The Morgan fingerprint density at radius 2 is 2.08 bits per heavy atom. The van der Waals surface area contributed by atoms with Gasteiger partial charge in [-0.1, -0.05) is 23.8 Å². The summed E-state index contributed by atoms with van der Waals surface area (Å²) in [4.78, 5) is 17.3. The predicted octanol–water partition coefficient (Wildman–Crippen LogP) is 5.07. The zero-order chi connectivity index (χ0) is 24.6. The number of halogens is 1. The van der Waals surface area contributed by atoms with Crippen LogP contribution >= 0.6 is 11.6 Å². The fourth-order valence-corrected chi connectivity index (χ4v) is 3.84. The molecule has 0 saturated carbocycles. The van der Waals surface area contributed by atoms with Gasteiger partial charge in [0.15, 0.2) is 0 Å². The highest BCUT2D eigenvalue weighted by molar-refractivity contribution is 6.32. The molecule has 0 saturated heterocycles. The standard InChI is InChI=1S/C26H25ClN6O3/c27-22-16-30-26-31-21-4-5-23(35-13-10-33-9-8-28-18-33)20(14-21)17-34-11-2-1-3-12-36-24-15-19(6-7-29-24)25(22)32-26/h1-2,4-9,14-16,18H,3,10-13,17H2,(H,30,31,32)/b2-1+. The normalized spacial score (nSPS) is 14.6. The Balaban J connectivity index is 1.41. The molecule has 184 valence electrons. The summed E-state index contributed by atoms with van der Waals surface area (Å²) in [6.07, 6.45) is 13.4. The molecule has 6 bridgehead atoms. The number of aromatic nitrogens is 5. The number of fused-ring (bicyclic) bond motifs is 7. The Kier molecular flexibility index (Phi) is 7.70. The summed E-state index contributed by atoms with van der Waals surface area (Å²) in [5.41, 5.74) is 3.10. The minimum Gasteiger partial charge on any atom is -0.491 e. The van der Waals surface area contributed by atoms with E-state index >= 15 is 0 Å². The monoisotopic (exact) mass is 504 g/mol. The Morgan fingerprint density at radius 3 is 3.00 bits per heavy atom. The smallest absolute Gasteiger partial charge is 0.227 e. The van der Waals surface area contributed by atoms with Gasteiger partial charge in [-0.25, -0.2) is 19.9 Å². The average Bonchev–Trinajstić information content (AvgIpc) is 3.41. The molecule has 0 fully saturated rings. The number of nitrogens with one attached hydrogen (secondary N) is 1. The lowest BCUT2D eigenvalue weighted by atomic mass is 10.2. The summed E-state index contributed by atoms with van der Waals surface area (Å²) in [6, 6.07) is 9.49. The lowest BCUT2D eigenvalue weighted by Crippen LogP contribution is -2.08. The molecule has 0 spiro atoms. The van der Waals surface area contributed by atoms with Crippen molar-refractivity contribution in [3.05, 3.63) is 84.2 Å². The van der Waals surface area contributed by atoms with Gasteiger partial charge in [0.25, 0.3) is 0 Å². The Morgan fingerprint density at radius 1 is 1.11 bits per heavy atom. The second-order valence-electron chi connectivity index (χ2n) is 7.99. The van der Waals surface area contributed by atoms with Crippen molar-refractivity contribution in [3.8, 4) is 22.9 Å². The van der Waals surface area contributed by atoms with E-state index < -0.39 is 0 Å². The summed E-state index contributed by atoms with van der Waals surface area (Å²) >= 11 is 6.43. The second-order valence-corrected chi connectivity index (χ2v) is 8.40. The van der Waals surface area contributed by atoms with Crippen LogP contribution in [0.5, 0.6) is 11.6 Å². The first kappa shape index (κ1) is 23.8. The number of benzene rings is 1. The van der Waals surface area contributed by atoms with E-state index in [2.05, 4.69) is 25.3 Å². The van der Waals surface area contributed by atoms with Crippen molar-refractivity contribution in [3.63, 3.8) is 0 Å². The van der Waals surface area contributed by atoms with Gasteiger partial charge in [-0.05, 0) is 30.7 Å². The molecule has 1 aliphatic rings. The largest absolute Gasteiger partial charge is 0.491 e. The van der Waals surface area contributed by atoms with Crippen molar-refractivity contribution < 1.29 is 14.2 Å². The highest BCUT2D eigenvalue weighted by Crippen LogP contribution is 2.30. The first-order chi connectivity index (χ1) is 17.7. The van der Waals surface area contributed by atoms with E-state index in [1.807, 2.05) is 53.2 Å². The molecule has 4 heterocycles. The summed E-state index contributed by atoms with van der Waals surface area (Å²) in [5.74, 6) is 1.68. The van der Waals surface area contributed by atoms with E-state index in [-0.39, 0.29) is 0 Å². The van der Waals surface area contributed by atoms with Crippen molar-refractivity contribution in [2.24, 2.45) is 0 Å². The number of anilines is 2. The second kappa shape index (κ2) is 11.7. The fraction of sp³-hybridized carbons (Fsp3) is 0.231. The van der Waals surface area contributed by atoms with E-state index in [0.29, 0.717) is 55.5 Å². The van der Waals surface area contributed by atoms with Gasteiger partial charge in [0, 0.05) is 41.5 Å². The molecule has 0 radical (unpaired) electrons. The number of ether oxygens (including phenoxy) is 3. The number of nitrogens with zero attached hydrogens (tertiary/aromatic N) is 5. The fourth-order valence-electron chi connectivity index (χ4n) is 3.64. The first-order valence-corrected chi connectivity index (χ1v) is 12.0. The van der Waals surface area contributed by atoms with E-state index in [0.717, 1.165) is 29.0 Å². The molecule has 1 N–H and O–H groups in total.